The summed E-state index contributed by atoms with van der Waals surface area (Å²) in [6.45, 7) is 12.0. The molecule has 2 amide bonds. The Hall–Kier alpha value is -3.85. The van der Waals surface area contributed by atoms with E-state index in [0.717, 1.165) is 42.9 Å². The predicted octanol–water partition coefficient (Wildman–Crippen LogP) is 6.44. The van der Waals surface area contributed by atoms with Crippen molar-refractivity contribution in [1.29, 1.82) is 0 Å². The Kier molecular flexibility index (Phi) is 9.55. The Morgan fingerprint density at radius 3 is 2.41 bits per heavy atom. The van der Waals surface area contributed by atoms with Gasteiger partial charge in [-0.25, -0.2) is 24.1 Å². The van der Waals surface area contributed by atoms with Gasteiger partial charge < -0.3 is 14.5 Å². The molecule has 0 saturated carbocycles. The van der Waals surface area contributed by atoms with Crippen LogP contribution in [0.25, 0.3) is 11.3 Å². The number of ether oxygens (including phenoxy) is 1. The van der Waals surface area contributed by atoms with Gasteiger partial charge in [-0.05, 0) is 72.2 Å². The minimum Gasteiger partial charge on any atom is -0.444 e. The average molecular weight is 664 g/mol. The lowest BCUT2D eigenvalue weighted by atomic mass is 10.1. The molecule has 15 heteroatoms. The summed E-state index contributed by atoms with van der Waals surface area (Å²) in [5.41, 5.74) is -1.52. The Morgan fingerprint density at radius 2 is 1.80 bits per heavy atom. The zero-order valence-electron chi connectivity index (χ0n) is 26.3. The molecule has 248 valence electrons. The lowest BCUT2D eigenvalue weighted by molar-refractivity contribution is -0.137. The van der Waals surface area contributed by atoms with E-state index in [2.05, 4.69) is 32.1 Å². The third-order valence-corrected chi connectivity index (χ3v) is 8.85. The molecule has 3 aromatic rings. The summed E-state index contributed by atoms with van der Waals surface area (Å²) in [5, 5.41) is 2.84. The van der Waals surface area contributed by atoms with Crippen molar-refractivity contribution >= 4 is 34.3 Å². The highest BCUT2D eigenvalue weighted by Crippen LogP contribution is 2.38. The monoisotopic (exact) mass is 663 g/mol. The molecule has 4 heterocycles. The smallest absolute Gasteiger partial charge is 0.416 e. The van der Waals surface area contributed by atoms with E-state index in [4.69, 9.17) is 4.74 Å². The summed E-state index contributed by atoms with van der Waals surface area (Å²) in [4.78, 5) is 45.3. The number of carbonyl (C=O) groups is 2. The number of carbonyl (C=O) groups excluding carboxylic acids is 2. The number of rotatable bonds is 6. The van der Waals surface area contributed by atoms with Crippen molar-refractivity contribution in [2.24, 2.45) is 0 Å². The van der Waals surface area contributed by atoms with Crippen molar-refractivity contribution in [2.45, 2.75) is 77.9 Å². The molecule has 0 aliphatic carbocycles. The number of hydrogen-bond acceptors (Lipinski definition) is 9. The number of amides is 2. The number of benzene rings is 1. The van der Waals surface area contributed by atoms with Crippen LogP contribution in [0.4, 0.5) is 33.3 Å². The van der Waals surface area contributed by atoms with Crippen molar-refractivity contribution in [3.63, 3.8) is 0 Å². The fourth-order valence-corrected chi connectivity index (χ4v) is 6.58. The first kappa shape index (κ1) is 33.5. The summed E-state index contributed by atoms with van der Waals surface area (Å²) in [7, 11) is 0. The molecule has 1 aromatic carbocycles. The molecule has 0 spiro atoms. The third-order valence-electron chi connectivity index (χ3n) is 7.90. The summed E-state index contributed by atoms with van der Waals surface area (Å²) in [6.07, 6.45) is -0.317. The number of anilines is 2. The number of aromatic nitrogens is 3. The zero-order valence-corrected chi connectivity index (χ0v) is 27.1. The molecule has 0 bridgehead atoms. The van der Waals surface area contributed by atoms with E-state index in [1.54, 1.807) is 4.90 Å². The highest BCUT2D eigenvalue weighted by Gasteiger charge is 2.33. The first-order chi connectivity index (χ1) is 21.6. The van der Waals surface area contributed by atoms with E-state index in [9.17, 15) is 27.2 Å². The minimum atomic E-state index is -4.73. The number of likely N-dealkylation sites (tertiary alicyclic amines) is 1. The Balaban J connectivity index is 1.31. The van der Waals surface area contributed by atoms with Crippen LogP contribution in [-0.4, -0.2) is 80.6 Å². The van der Waals surface area contributed by atoms with Gasteiger partial charge >= 0.3 is 12.3 Å². The van der Waals surface area contributed by atoms with E-state index in [0.29, 0.717) is 42.9 Å². The van der Waals surface area contributed by atoms with Crippen LogP contribution in [0.1, 0.15) is 68.4 Å². The zero-order chi connectivity index (χ0) is 33.4. The number of piperazine rings is 1. The van der Waals surface area contributed by atoms with Gasteiger partial charge in [0.15, 0.2) is 5.13 Å². The second kappa shape index (κ2) is 13.1. The highest BCUT2D eigenvalue weighted by atomic mass is 32.1. The van der Waals surface area contributed by atoms with Gasteiger partial charge in [-0.1, -0.05) is 11.3 Å². The van der Waals surface area contributed by atoms with Gasteiger partial charge in [-0.3, -0.25) is 15.0 Å². The van der Waals surface area contributed by atoms with Crippen LogP contribution in [0.5, 0.6) is 0 Å². The number of thiazole rings is 1. The third kappa shape index (κ3) is 7.92. The van der Waals surface area contributed by atoms with E-state index in [-0.39, 0.29) is 40.3 Å². The lowest BCUT2D eigenvalue weighted by Crippen LogP contribution is -2.54. The normalized spacial score (nSPS) is 19.4. The quantitative estimate of drug-likeness (QED) is 0.301. The molecule has 2 aliphatic heterocycles. The molecule has 46 heavy (non-hydrogen) atoms. The van der Waals surface area contributed by atoms with Crippen LogP contribution in [0, 0.1) is 5.82 Å². The predicted molar refractivity (Wildman–Crippen MR) is 166 cm³/mol. The molecule has 2 fully saturated rings. The van der Waals surface area contributed by atoms with Crippen LogP contribution in [-0.2, 0) is 17.5 Å². The van der Waals surface area contributed by atoms with E-state index < -0.39 is 29.1 Å². The first-order valence-corrected chi connectivity index (χ1v) is 15.9. The maximum Gasteiger partial charge on any atom is 0.416 e. The molecule has 0 radical (unpaired) electrons. The van der Waals surface area contributed by atoms with Crippen molar-refractivity contribution in [3.8, 4) is 11.3 Å². The molecule has 2 aliphatic rings. The molecule has 1 N–H and O–H groups in total. The van der Waals surface area contributed by atoms with Gasteiger partial charge in [0.25, 0.3) is 5.91 Å². The first-order valence-electron chi connectivity index (χ1n) is 15.1. The summed E-state index contributed by atoms with van der Waals surface area (Å²) >= 11 is 1.13. The summed E-state index contributed by atoms with van der Waals surface area (Å²) in [5.74, 6) is -1.09. The van der Waals surface area contributed by atoms with Crippen LogP contribution in [0.3, 0.4) is 0 Å². The van der Waals surface area contributed by atoms with Gasteiger partial charge in [0.1, 0.15) is 22.9 Å². The Morgan fingerprint density at radius 1 is 1.04 bits per heavy atom. The second-order valence-corrected chi connectivity index (χ2v) is 13.7. The van der Waals surface area contributed by atoms with Crippen LogP contribution in [0.15, 0.2) is 30.6 Å². The molecule has 2 saturated heterocycles. The van der Waals surface area contributed by atoms with Crippen molar-refractivity contribution in [3.05, 3.63) is 52.5 Å². The van der Waals surface area contributed by atoms with E-state index >= 15 is 0 Å². The fraction of sp³-hybridized carbons (Fsp3) is 0.516. The molecule has 5 rings (SSSR count). The Labute approximate surface area is 268 Å². The SMILES string of the molecule is C[C@@H]1CCCN1Cc1sc(NC(=O)c2cnc(N3CCN(C(=O)OC(C)(C)C)C[C@@H]3C)cn2)nc1-c1cc(F)cc(C(F)(F)F)c1. The van der Waals surface area contributed by atoms with Gasteiger partial charge in [0.05, 0.1) is 23.7 Å². The van der Waals surface area contributed by atoms with Crippen LogP contribution < -0.4 is 10.2 Å². The molecular formula is C31H37F4N7O3S. The van der Waals surface area contributed by atoms with Crippen LogP contribution >= 0.6 is 11.3 Å². The van der Waals surface area contributed by atoms with E-state index in [1.807, 2.05) is 32.6 Å². The number of hydrogen-bond donors (Lipinski definition) is 1. The van der Waals surface area contributed by atoms with Gasteiger partial charge in [-0.15, -0.1) is 0 Å². The minimum absolute atomic E-state index is 0.0142. The fourth-order valence-electron chi connectivity index (χ4n) is 5.58. The average Bonchev–Trinajstić information content (AvgIpc) is 3.56. The standard InChI is InChI=1S/C31H37F4N7O3S/c1-18-7-6-8-40(18)17-24-26(20-11-21(31(33,34)35)13-22(32)12-20)38-28(46-24)39-27(43)23-14-37-25(15-36-23)42-10-9-41(16-19(42)2)29(44)45-30(3,4)5/h11-15,18-19H,6-10,16-17H2,1-5H3,(H,38,39,43)/t18-,19+/m1/s1. The maximum absolute atomic E-state index is 14.3. The molecule has 2 atom stereocenters. The topological polar surface area (TPSA) is 104 Å². The van der Waals surface area contributed by atoms with Gasteiger partial charge in [-0.2, -0.15) is 13.2 Å². The van der Waals surface area contributed by atoms with Crippen molar-refractivity contribution in [1.82, 2.24) is 24.8 Å². The second-order valence-electron chi connectivity index (χ2n) is 12.7. The number of alkyl halides is 3. The van der Waals surface area contributed by atoms with Gasteiger partial charge in [0.2, 0.25) is 0 Å². The van der Waals surface area contributed by atoms with E-state index in [1.165, 1.54) is 12.4 Å². The largest absolute Gasteiger partial charge is 0.444 e. The summed E-state index contributed by atoms with van der Waals surface area (Å²) in [6, 6.07) is 2.53. The number of halogens is 4. The molecule has 2 aromatic heterocycles. The molecular weight excluding hydrogens is 626 g/mol. The highest BCUT2D eigenvalue weighted by molar-refractivity contribution is 7.16. The lowest BCUT2D eigenvalue weighted by Gasteiger charge is -2.40. The Bertz CT molecular complexity index is 1580. The molecule has 10 nitrogen and oxygen atoms in total. The number of nitrogens with one attached hydrogen (secondary N) is 1. The molecule has 0 unspecified atom stereocenters. The van der Waals surface area contributed by atoms with Crippen LogP contribution in [0.2, 0.25) is 0 Å². The van der Waals surface area contributed by atoms with Crippen molar-refractivity contribution in [2.75, 3.05) is 36.4 Å². The number of nitrogens with zero attached hydrogens (tertiary/aromatic N) is 6. The maximum atomic E-state index is 14.3. The van der Waals surface area contributed by atoms with Crippen molar-refractivity contribution < 1.29 is 31.9 Å². The summed E-state index contributed by atoms with van der Waals surface area (Å²) < 4.78 is 60.3. The van der Waals surface area contributed by atoms with Gasteiger partial charge in [0, 0.05) is 48.7 Å².